The molecule has 0 saturated heterocycles. The molecule has 0 atom stereocenters. The Morgan fingerprint density at radius 3 is 2.13 bits per heavy atom. The first kappa shape index (κ1) is 17.5. The molecule has 2 rings (SSSR count). The first-order valence-electron chi connectivity index (χ1n) is 6.66. The predicted octanol–water partition coefficient (Wildman–Crippen LogP) is 2.65. The third-order valence-corrected chi connectivity index (χ3v) is 4.11. The lowest BCUT2D eigenvalue weighted by Gasteiger charge is -2.14. The molecule has 0 aliphatic carbocycles. The molecule has 0 radical (unpaired) electrons. The van der Waals surface area contributed by atoms with Gasteiger partial charge in [-0.1, -0.05) is 42.5 Å². The van der Waals surface area contributed by atoms with Crippen molar-refractivity contribution in [3.8, 4) is 11.1 Å². The molecular weight excluding hydrogens is 329 g/mol. The molecule has 0 spiro atoms. The summed E-state index contributed by atoms with van der Waals surface area (Å²) in [5.74, 6) is 0. The van der Waals surface area contributed by atoms with Gasteiger partial charge in [0.05, 0.1) is 11.4 Å². The lowest BCUT2D eigenvalue weighted by atomic mass is 9.99. The van der Waals surface area contributed by atoms with E-state index < -0.39 is 22.7 Å². The van der Waals surface area contributed by atoms with Crippen molar-refractivity contribution in [2.45, 2.75) is 17.6 Å². The van der Waals surface area contributed by atoms with E-state index in [1.807, 2.05) is 0 Å². The van der Waals surface area contributed by atoms with Gasteiger partial charge in [0, 0.05) is 12.1 Å². The standard InChI is InChI=1S/C15H15F3N2O2S/c16-15(17,18)10-20-9-11-5-1-2-6-12(11)13-7-3-4-8-14(13)23(19,21)22/h1-8,20H,9-10H2,(H2,19,21,22). The molecule has 0 fully saturated rings. The van der Waals surface area contributed by atoms with Gasteiger partial charge >= 0.3 is 6.18 Å². The fourth-order valence-corrected chi connectivity index (χ4v) is 2.97. The summed E-state index contributed by atoms with van der Waals surface area (Å²) >= 11 is 0. The lowest BCUT2D eigenvalue weighted by molar-refractivity contribution is -0.125. The molecule has 0 heterocycles. The van der Waals surface area contributed by atoms with Crippen molar-refractivity contribution in [2.24, 2.45) is 5.14 Å². The number of rotatable bonds is 5. The number of nitrogens with two attached hydrogens (primary N) is 1. The molecule has 23 heavy (non-hydrogen) atoms. The maximum Gasteiger partial charge on any atom is 0.401 e. The van der Waals surface area contributed by atoms with Gasteiger partial charge in [0.25, 0.3) is 0 Å². The van der Waals surface area contributed by atoms with E-state index in [4.69, 9.17) is 5.14 Å². The van der Waals surface area contributed by atoms with Gasteiger partial charge in [-0.05, 0) is 17.2 Å². The van der Waals surface area contributed by atoms with Crippen LogP contribution in [-0.4, -0.2) is 21.1 Å². The van der Waals surface area contributed by atoms with Gasteiger partial charge in [-0.25, -0.2) is 13.6 Å². The van der Waals surface area contributed by atoms with E-state index in [0.717, 1.165) is 0 Å². The number of nitrogens with one attached hydrogen (secondary N) is 1. The molecule has 0 bridgehead atoms. The second-order valence-corrected chi connectivity index (χ2v) is 6.45. The quantitative estimate of drug-likeness (QED) is 0.876. The number of hydrogen-bond donors (Lipinski definition) is 2. The molecule has 2 aromatic carbocycles. The zero-order valence-corrected chi connectivity index (χ0v) is 12.8. The highest BCUT2D eigenvalue weighted by molar-refractivity contribution is 7.89. The van der Waals surface area contributed by atoms with E-state index in [-0.39, 0.29) is 11.4 Å². The van der Waals surface area contributed by atoms with Crippen molar-refractivity contribution in [1.82, 2.24) is 5.32 Å². The van der Waals surface area contributed by atoms with E-state index in [1.54, 1.807) is 36.4 Å². The van der Waals surface area contributed by atoms with E-state index >= 15 is 0 Å². The van der Waals surface area contributed by atoms with Crippen molar-refractivity contribution in [3.63, 3.8) is 0 Å². The average Bonchev–Trinajstić information content (AvgIpc) is 2.45. The van der Waals surface area contributed by atoms with Crippen molar-refractivity contribution >= 4 is 10.0 Å². The topological polar surface area (TPSA) is 72.2 Å². The third-order valence-electron chi connectivity index (χ3n) is 3.14. The van der Waals surface area contributed by atoms with E-state index in [0.29, 0.717) is 16.7 Å². The first-order chi connectivity index (χ1) is 10.7. The normalized spacial score (nSPS) is 12.3. The highest BCUT2D eigenvalue weighted by atomic mass is 32.2. The lowest BCUT2D eigenvalue weighted by Crippen LogP contribution is -2.28. The second kappa shape index (κ2) is 6.69. The summed E-state index contributed by atoms with van der Waals surface area (Å²) in [6.45, 7) is -1.17. The van der Waals surface area contributed by atoms with Crippen LogP contribution in [0.2, 0.25) is 0 Å². The van der Waals surface area contributed by atoms with Crippen LogP contribution in [-0.2, 0) is 16.6 Å². The monoisotopic (exact) mass is 344 g/mol. The molecule has 0 unspecified atom stereocenters. The summed E-state index contributed by atoms with van der Waals surface area (Å²) < 4.78 is 60.1. The Bertz CT molecular complexity index is 789. The molecule has 0 aromatic heterocycles. The minimum absolute atomic E-state index is 0.0470. The van der Waals surface area contributed by atoms with Crippen LogP contribution >= 0.6 is 0 Å². The Morgan fingerprint density at radius 1 is 0.957 bits per heavy atom. The van der Waals surface area contributed by atoms with Crippen molar-refractivity contribution in [1.29, 1.82) is 0 Å². The van der Waals surface area contributed by atoms with Gasteiger partial charge in [0.1, 0.15) is 0 Å². The Morgan fingerprint density at radius 2 is 1.52 bits per heavy atom. The van der Waals surface area contributed by atoms with Crippen molar-refractivity contribution in [2.75, 3.05) is 6.54 Å². The number of benzene rings is 2. The van der Waals surface area contributed by atoms with E-state index in [2.05, 4.69) is 5.32 Å². The minimum atomic E-state index is -4.31. The van der Waals surface area contributed by atoms with Gasteiger partial charge in [0.15, 0.2) is 0 Å². The maximum absolute atomic E-state index is 12.2. The van der Waals surface area contributed by atoms with E-state index in [9.17, 15) is 21.6 Å². The number of hydrogen-bond acceptors (Lipinski definition) is 3. The average molecular weight is 344 g/mol. The zero-order valence-electron chi connectivity index (χ0n) is 12.0. The van der Waals surface area contributed by atoms with Gasteiger partial charge in [-0.15, -0.1) is 0 Å². The van der Waals surface area contributed by atoms with Crippen molar-refractivity contribution in [3.05, 3.63) is 54.1 Å². The van der Waals surface area contributed by atoms with Crippen molar-refractivity contribution < 1.29 is 21.6 Å². The molecule has 0 amide bonds. The molecule has 2 aromatic rings. The molecule has 3 N–H and O–H groups in total. The molecule has 0 saturated carbocycles. The fourth-order valence-electron chi connectivity index (χ4n) is 2.21. The number of sulfonamides is 1. The van der Waals surface area contributed by atoms with Crippen LogP contribution in [0.4, 0.5) is 13.2 Å². The van der Waals surface area contributed by atoms with Crippen LogP contribution < -0.4 is 10.5 Å². The van der Waals surface area contributed by atoms with Crippen LogP contribution in [0.15, 0.2) is 53.4 Å². The molecular formula is C15H15F3N2O2S. The molecule has 0 aliphatic heterocycles. The highest BCUT2D eigenvalue weighted by Gasteiger charge is 2.26. The summed E-state index contributed by atoms with van der Waals surface area (Å²) in [7, 11) is -3.94. The third kappa shape index (κ3) is 4.78. The number of halogens is 3. The summed E-state index contributed by atoms with van der Waals surface area (Å²) in [4.78, 5) is -0.0664. The van der Waals surface area contributed by atoms with Crippen LogP contribution in [0.5, 0.6) is 0 Å². The molecule has 0 aliphatic rings. The minimum Gasteiger partial charge on any atom is -0.305 e. The van der Waals surface area contributed by atoms with Crippen LogP contribution in [0.1, 0.15) is 5.56 Å². The van der Waals surface area contributed by atoms with Gasteiger partial charge in [0.2, 0.25) is 10.0 Å². The molecule has 8 heteroatoms. The number of primary sulfonamides is 1. The van der Waals surface area contributed by atoms with Gasteiger partial charge < -0.3 is 5.32 Å². The summed E-state index contributed by atoms with van der Waals surface area (Å²) in [6.07, 6.45) is -4.31. The Hall–Kier alpha value is -1.90. The fraction of sp³-hybridized carbons (Fsp3) is 0.200. The maximum atomic E-state index is 12.2. The van der Waals surface area contributed by atoms with Crippen LogP contribution in [0.25, 0.3) is 11.1 Å². The SMILES string of the molecule is NS(=O)(=O)c1ccccc1-c1ccccc1CNCC(F)(F)F. The molecule has 4 nitrogen and oxygen atoms in total. The number of alkyl halides is 3. The zero-order chi connectivity index (χ0) is 17.1. The van der Waals surface area contributed by atoms with E-state index in [1.165, 1.54) is 12.1 Å². The van der Waals surface area contributed by atoms with Gasteiger partial charge in [-0.3, -0.25) is 0 Å². The Balaban J connectivity index is 2.39. The first-order valence-corrected chi connectivity index (χ1v) is 8.21. The highest BCUT2D eigenvalue weighted by Crippen LogP contribution is 2.29. The Labute approximate surface area is 132 Å². The largest absolute Gasteiger partial charge is 0.401 e. The Kier molecular flexibility index (Phi) is 5.08. The second-order valence-electron chi connectivity index (χ2n) is 4.92. The summed E-state index contributed by atoms with van der Waals surface area (Å²) in [5.41, 5.74) is 1.43. The smallest absolute Gasteiger partial charge is 0.305 e. The summed E-state index contributed by atoms with van der Waals surface area (Å²) in [5, 5.41) is 7.51. The molecule has 124 valence electrons. The van der Waals surface area contributed by atoms with Crippen LogP contribution in [0, 0.1) is 0 Å². The van der Waals surface area contributed by atoms with Crippen LogP contribution in [0.3, 0.4) is 0 Å². The summed E-state index contributed by atoms with van der Waals surface area (Å²) in [6, 6.07) is 12.8. The predicted molar refractivity (Wildman–Crippen MR) is 81.0 cm³/mol. The van der Waals surface area contributed by atoms with Gasteiger partial charge in [-0.2, -0.15) is 13.2 Å².